The Labute approximate surface area is 249 Å². The number of amides is 1. The lowest BCUT2D eigenvalue weighted by molar-refractivity contribution is -0.948. The van der Waals surface area contributed by atoms with Crippen LogP contribution < -0.4 is 5.32 Å². The third kappa shape index (κ3) is 4.38. The number of halogens is 3. The van der Waals surface area contributed by atoms with Crippen molar-refractivity contribution in [2.24, 2.45) is 23.2 Å². The SMILES string of the molecule is CC(=O)OC1=C2C[C@@H]3[C@@H]4CCC[C@@H]5OC(NC(=O)C(=Cc6ccccc6)C(F)(F)F)(C(O)=C1)C2[C@@]54CC[N+]3(C)CC1CC1. The van der Waals surface area contributed by atoms with Crippen LogP contribution in [0.5, 0.6) is 0 Å². The predicted octanol–water partition coefficient (Wildman–Crippen LogP) is 5.55. The Morgan fingerprint density at radius 3 is 2.60 bits per heavy atom. The number of allylic oxidation sites excluding steroid dienone is 1. The van der Waals surface area contributed by atoms with E-state index in [1.54, 1.807) is 18.2 Å². The fourth-order valence-corrected chi connectivity index (χ4v) is 9.44. The molecule has 230 valence electrons. The summed E-state index contributed by atoms with van der Waals surface area (Å²) in [4.78, 5) is 25.9. The second-order valence-corrected chi connectivity index (χ2v) is 13.7. The molecule has 2 aliphatic heterocycles. The van der Waals surface area contributed by atoms with Gasteiger partial charge in [0.15, 0.2) is 0 Å². The number of nitrogens with one attached hydrogen (secondary N) is 1. The number of hydrogen-bond acceptors (Lipinski definition) is 5. The van der Waals surface area contributed by atoms with E-state index >= 15 is 0 Å². The lowest BCUT2D eigenvalue weighted by Gasteiger charge is -2.64. The first-order valence-electron chi connectivity index (χ1n) is 15.4. The number of benzene rings is 1. The third-order valence-corrected chi connectivity index (χ3v) is 11.2. The molecule has 5 fully saturated rings. The number of piperidine rings is 1. The van der Waals surface area contributed by atoms with Crippen LogP contribution >= 0.6 is 0 Å². The van der Waals surface area contributed by atoms with Crippen molar-refractivity contribution in [3.05, 3.63) is 64.6 Å². The summed E-state index contributed by atoms with van der Waals surface area (Å²) in [5, 5.41) is 14.2. The number of carbonyl (C=O) groups is 2. The van der Waals surface area contributed by atoms with E-state index in [0.717, 1.165) is 48.5 Å². The van der Waals surface area contributed by atoms with Crippen LogP contribution in [0.2, 0.25) is 0 Å². The number of aliphatic hydroxyl groups excluding tert-OH is 1. The molecule has 3 unspecified atom stereocenters. The number of aliphatic hydroxyl groups is 1. The standard InChI is InChI=1S/C33H37F3N2O5/c1-19(39)42-26-17-27(40)32(37-30(41)24(33(34,35)36)15-20-7-4-3-5-8-20)29-22(26)16-25-23-9-6-10-28(43-32)31(23,29)13-14-38(25,2)18-21-11-12-21/h3-5,7-8,15,17,21,23,25,28-29H,6,9-14,16,18H2,1-2H3,(H-,37,40,41)/p+1/t23-,25+,28-,29?,31+,32?,38?/m0/s1. The first kappa shape index (κ1) is 28.6. The second kappa shape index (κ2) is 9.69. The van der Waals surface area contributed by atoms with E-state index in [2.05, 4.69) is 12.4 Å². The summed E-state index contributed by atoms with van der Waals surface area (Å²) < 4.78 is 56.4. The molecule has 3 saturated carbocycles. The van der Waals surface area contributed by atoms with E-state index in [0.29, 0.717) is 18.8 Å². The minimum absolute atomic E-state index is 0.197. The van der Waals surface area contributed by atoms with Crippen LogP contribution in [0.25, 0.3) is 6.08 Å². The zero-order valence-electron chi connectivity index (χ0n) is 24.5. The summed E-state index contributed by atoms with van der Waals surface area (Å²) in [5.74, 6) is -1.89. The number of rotatable bonds is 6. The Kier molecular flexibility index (Phi) is 6.46. The first-order valence-corrected chi connectivity index (χ1v) is 15.4. The molecule has 1 aromatic rings. The van der Waals surface area contributed by atoms with E-state index in [9.17, 15) is 27.9 Å². The average molecular weight is 600 g/mol. The predicted molar refractivity (Wildman–Crippen MR) is 151 cm³/mol. The average Bonchev–Trinajstić information content (AvgIpc) is 3.70. The van der Waals surface area contributed by atoms with Crippen LogP contribution in [0.1, 0.15) is 57.4 Å². The van der Waals surface area contributed by atoms with Gasteiger partial charge in [-0.15, -0.1) is 0 Å². The minimum atomic E-state index is -4.96. The molecule has 0 aromatic heterocycles. The van der Waals surface area contributed by atoms with Gasteiger partial charge in [0.25, 0.3) is 5.91 Å². The lowest BCUT2D eigenvalue weighted by atomic mass is 9.46. The molecular formula is C33H38F3N2O5+. The van der Waals surface area contributed by atoms with Crippen molar-refractivity contribution in [3.8, 4) is 0 Å². The van der Waals surface area contributed by atoms with Crippen molar-refractivity contribution in [2.45, 2.75) is 75.9 Å². The van der Waals surface area contributed by atoms with E-state index in [-0.39, 0.29) is 29.4 Å². The Balaban J connectivity index is 1.35. The molecule has 2 N–H and O–H groups in total. The highest BCUT2D eigenvalue weighted by Crippen LogP contribution is 2.71. The number of alkyl halides is 3. The molecule has 2 saturated heterocycles. The van der Waals surface area contributed by atoms with Crippen molar-refractivity contribution in [1.82, 2.24) is 5.32 Å². The van der Waals surface area contributed by atoms with E-state index < -0.39 is 46.4 Å². The molecule has 7 nitrogen and oxygen atoms in total. The Morgan fingerprint density at radius 1 is 1.19 bits per heavy atom. The highest BCUT2D eigenvalue weighted by Gasteiger charge is 2.77. The maximum absolute atomic E-state index is 14.4. The smallest absolute Gasteiger partial charge is 0.421 e. The summed E-state index contributed by atoms with van der Waals surface area (Å²) in [6.45, 7) is 3.25. The fourth-order valence-electron chi connectivity index (χ4n) is 9.44. The van der Waals surface area contributed by atoms with Gasteiger partial charge in [-0.05, 0) is 42.9 Å². The fraction of sp³-hybridized carbons (Fsp3) is 0.576. The molecule has 43 heavy (non-hydrogen) atoms. The molecule has 1 spiro atoms. The van der Waals surface area contributed by atoms with Crippen LogP contribution in [-0.2, 0) is 19.1 Å². The molecule has 7 rings (SSSR count). The van der Waals surface area contributed by atoms with Crippen LogP contribution in [0.3, 0.4) is 0 Å². The summed E-state index contributed by atoms with van der Waals surface area (Å²) >= 11 is 0. The van der Waals surface area contributed by atoms with Crippen LogP contribution in [0.15, 0.2) is 59.1 Å². The molecular weight excluding hydrogens is 561 g/mol. The number of quaternary nitrogens is 1. The number of nitrogens with zero attached hydrogens (tertiary/aromatic N) is 1. The molecule has 6 aliphatic rings. The Morgan fingerprint density at radius 2 is 1.93 bits per heavy atom. The molecule has 2 bridgehead atoms. The van der Waals surface area contributed by atoms with Gasteiger partial charge in [0.1, 0.15) is 17.1 Å². The first-order chi connectivity index (χ1) is 20.4. The van der Waals surface area contributed by atoms with Crippen molar-refractivity contribution in [2.75, 3.05) is 20.1 Å². The van der Waals surface area contributed by atoms with E-state index in [4.69, 9.17) is 9.47 Å². The number of carbonyl (C=O) groups excluding carboxylic acids is 2. The van der Waals surface area contributed by atoms with Gasteiger partial charge in [0.05, 0.1) is 32.3 Å². The van der Waals surface area contributed by atoms with Gasteiger partial charge >= 0.3 is 12.1 Å². The van der Waals surface area contributed by atoms with Crippen molar-refractivity contribution in [3.63, 3.8) is 0 Å². The van der Waals surface area contributed by atoms with Crippen molar-refractivity contribution >= 4 is 18.0 Å². The quantitative estimate of drug-likeness (QED) is 0.255. The maximum Gasteiger partial charge on any atom is 0.421 e. The van der Waals surface area contributed by atoms with Gasteiger partial charge in [-0.25, -0.2) is 0 Å². The molecule has 10 heteroatoms. The third-order valence-electron chi connectivity index (χ3n) is 11.2. The molecule has 2 heterocycles. The van der Waals surface area contributed by atoms with Gasteiger partial charge in [0, 0.05) is 49.0 Å². The maximum atomic E-state index is 14.4. The normalized spacial score (nSPS) is 38.3. The molecule has 0 radical (unpaired) electrons. The lowest BCUT2D eigenvalue weighted by Crippen LogP contribution is -2.72. The van der Waals surface area contributed by atoms with Crippen LogP contribution in [0, 0.1) is 23.2 Å². The highest BCUT2D eigenvalue weighted by molar-refractivity contribution is 5.99. The van der Waals surface area contributed by atoms with Gasteiger partial charge in [-0.1, -0.05) is 36.8 Å². The number of ether oxygens (including phenoxy) is 2. The van der Waals surface area contributed by atoms with Gasteiger partial charge in [-0.3, -0.25) is 9.59 Å². The Hall–Kier alpha value is -3.11. The molecule has 4 aliphatic carbocycles. The summed E-state index contributed by atoms with van der Waals surface area (Å²) in [7, 11) is 2.32. The summed E-state index contributed by atoms with van der Waals surface area (Å²) in [5.41, 5.74) is -2.81. The van der Waals surface area contributed by atoms with Gasteiger partial charge < -0.3 is 24.4 Å². The molecule has 1 amide bonds. The monoisotopic (exact) mass is 599 g/mol. The largest absolute Gasteiger partial charge is 0.507 e. The van der Waals surface area contributed by atoms with Crippen molar-refractivity contribution in [1.29, 1.82) is 0 Å². The zero-order chi connectivity index (χ0) is 30.4. The topological polar surface area (TPSA) is 84.9 Å². The number of likely N-dealkylation sites (tertiary alicyclic amines) is 1. The van der Waals surface area contributed by atoms with Crippen LogP contribution in [0.4, 0.5) is 13.2 Å². The van der Waals surface area contributed by atoms with Crippen molar-refractivity contribution < 1.29 is 41.8 Å². The second-order valence-electron chi connectivity index (χ2n) is 13.7. The van der Waals surface area contributed by atoms with E-state index in [1.165, 1.54) is 38.0 Å². The highest BCUT2D eigenvalue weighted by atomic mass is 19.4. The number of hydrogen-bond donors (Lipinski definition) is 2. The Bertz CT molecular complexity index is 1450. The summed E-state index contributed by atoms with van der Waals surface area (Å²) in [6, 6.07) is 8.09. The van der Waals surface area contributed by atoms with Gasteiger partial charge in [0.2, 0.25) is 5.72 Å². The summed E-state index contributed by atoms with van der Waals surface area (Å²) in [6.07, 6.45) is 3.07. The number of esters is 1. The van der Waals surface area contributed by atoms with Gasteiger partial charge in [-0.2, -0.15) is 13.2 Å². The minimum Gasteiger partial charge on any atom is -0.507 e. The van der Waals surface area contributed by atoms with Crippen LogP contribution in [-0.4, -0.2) is 65.7 Å². The van der Waals surface area contributed by atoms with E-state index in [1.807, 2.05) is 0 Å². The molecule has 7 atom stereocenters. The molecule has 1 aromatic carbocycles. The zero-order valence-corrected chi connectivity index (χ0v) is 24.5.